The van der Waals surface area contributed by atoms with E-state index in [1.807, 2.05) is 42.2 Å². The van der Waals surface area contributed by atoms with Gasteiger partial charge in [-0.15, -0.1) is 0 Å². The van der Waals surface area contributed by atoms with E-state index in [4.69, 9.17) is 5.73 Å². The van der Waals surface area contributed by atoms with Crippen LogP contribution in [-0.2, 0) is 10.3 Å². The second-order valence-corrected chi connectivity index (χ2v) is 6.09. The number of piperidine rings is 1. The third-order valence-corrected chi connectivity index (χ3v) is 4.42. The van der Waals surface area contributed by atoms with Gasteiger partial charge in [-0.3, -0.25) is 4.79 Å². The van der Waals surface area contributed by atoms with Gasteiger partial charge in [0.25, 0.3) is 0 Å². The summed E-state index contributed by atoms with van der Waals surface area (Å²) in [6.45, 7) is 5.75. The zero-order chi connectivity index (χ0) is 14.6. The molecule has 1 saturated heterocycles. The third-order valence-electron chi connectivity index (χ3n) is 4.42. The average Bonchev–Trinajstić information content (AvgIpc) is 2.48. The summed E-state index contributed by atoms with van der Waals surface area (Å²) in [7, 11) is 0. The van der Waals surface area contributed by atoms with Gasteiger partial charge in [0.2, 0.25) is 5.91 Å². The lowest BCUT2D eigenvalue weighted by Gasteiger charge is -2.37. The molecular weight excluding hydrogens is 248 g/mol. The van der Waals surface area contributed by atoms with Crippen molar-refractivity contribution in [1.29, 1.82) is 0 Å². The van der Waals surface area contributed by atoms with Gasteiger partial charge in [-0.2, -0.15) is 0 Å². The minimum atomic E-state index is -0.918. The fourth-order valence-corrected chi connectivity index (χ4v) is 3.07. The van der Waals surface area contributed by atoms with Crippen molar-refractivity contribution < 1.29 is 4.79 Å². The van der Waals surface area contributed by atoms with Gasteiger partial charge in [0.1, 0.15) is 5.54 Å². The summed E-state index contributed by atoms with van der Waals surface area (Å²) in [5.41, 5.74) is 6.29. The van der Waals surface area contributed by atoms with Crippen LogP contribution < -0.4 is 5.73 Å². The highest BCUT2D eigenvalue weighted by atomic mass is 16.2. The van der Waals surface area contributed by atoms with Crippen molar-refractivity contribution >= 4 is 5.91 Å². The molecule has 20 heavy (non-hydrogen) atoms. The van der Waals surface area contributed by atoms with Crippen LogP contribution in [0.15, 0.2) is 30.3 Å². The summed E-state index contributed by atoms with van der Waals surface area (Å²) >= 11 is 0. The molecule has 0 spiro atoms. The molecule has 3 heteroatoms. The molecule has 0 aromatic heterocycles. The number of nitrogens with two attached hydrogens (primary N) is 1. The molecule has 1 unspecified atom stereocenters. The molecule has 1 fully saturated rings. The fraction of sp³-hybridized carbons (Fsp3) is 0.588. The van der Waals surface area contributed by atoms with Crippen LogP contribution in [0.4, 0.5) is 0 Å². The molecule has 2 N–H and O–H groups in total. The molecule has 3 nitrogen and oxygen atoms in total. The van der Waals surface area contributed by atoms with E-state index >= 15 is 0 Å². The number of nitrogens with zero attached hydrogens (tertiary/aromatic N) is 1. The smallest absolute Gasteiger partial charge is 0.246 e. The zero-order valence-electron chi connectivity index (χ0n) is 12.6. The predicted molar refractivity (Wildman–Crippen MR) is 82.2 cm³/mol. The lowest BCUT2D eigenvalue weighted by atomic mass is 9.88. The Kier molecular flexibility index (Phi) is 4.81. The monoisotopic (exact) mass is 274 g/mol. The van der Waals surface area contributed by atoms with Gasteiger partial charge < -0.3 is 10.6 Å². The Balaban J connectivity index is 2.01. The maximum Gasteiger partial charge on any atom is 0.246 e. The number of likely N-dealkylation sites (tertiary alicyclic amines) is 1. The molecule has 1 amide bonds. The number of carbonyl (C=O) groups excluding carboxylic acids is 1. The minimum Gasteiger partial charge on any atom is -0.341 e. The molecule has 2 rings (SSSR count). The zero-order valence-corrected chi connectivity index (χ0v) is 12.6. The first-order chi connectivity index (χ1) is 9.55. The van der Waals surface area contributed by atoms with Gasteiger partial charge in [0.05, 0.1) is 0 Å². The van der Waals surface area contributed by atoms with Crippen molar-refractivity contribution in [3.05, 3.63) is 35.9 Å². The molecule has 0 bridgehead atoms. The first-order valence-corrected chi connectivity index (χ1v) is 7.69. The Morgan fingerprint density at radius 1 is 1.30 bits per heavy atom. The van der Waals surface area contributed by atoms with Gasteiger partial charge in [0, 0.05) is 13.1 Å². The van der Waals surface area contributed by atoms with Crippen LogP contribution >= 0.6 is 0 Å². The van der Waals surface area contributed by atoms with Crippen LogP contribution in [0.5, 0.6) is 0 Å². The van der Waals surface area contributed by atoms with Gasteiger partial charge in [-0.25, -0.2) is 0 Å². The molecule has 110 valence electrons. The third kappa shape index (κ3) is 3.21. The molecular formula is C17H26N2O. The standard InChI is InChI=1S/C17H26N2O/c1-3-7-14-10-12-19(13-11-14)16(20)17(2,18)15-8-5-4-6-9-15/h4-6,8-9,14H,3,7,10-13,18H2,1-2H3. The van der Waals surface area contributed by atoms with Gasteiger partial charge in [0.15, 0.2) is 0 Å². The van der Waals surface area contributed by atoms with Crippen molar-refractivity contribution in [1.82, 2.24) is 4.90 Å². The summed E-state index contributed by atoms with van der Waals surface area (Å²) in [5.74, 6) is 0.837. The maximum absolute atomic E-state index is 12.7. The SMILES string of the molecule is CCCC1CCN(C(=O)C(C)(N)c2ccccc2)CC1. The largest absolute Gasteiger partial charge is 0.341 e. The van der Waals surface area contributed by atoms with Crippen LogP contribution in [-0.4, -0.2) is 23.9 Å². The summed E-state index contributed by atoms with van der Waals surface area (Å²) in [6.07, 6.45) is 4.74. The van der Waals surface area contributed by atoms with E-state index in [2.05, 4.69) is 6.92 Å². The highest BCUT2D eigenvalue weighted by molar-refractivity contribution is 5.87. The number of benzene rings is 1. The second-order valence-electron chi connectivity index (χ2n) is 6.09. The van der Waals surface area contributed by atoms with Gasteiger partial charge in [-0.05, 0) is 31.2 Å². The average molecular weight is 274 g/mol. The topological polar surface area (TPSA) is 46.3 Å². The summed E-state index contributed by atoms with van der Waals surface area (Å²) in [6, 6.07) is 9.67. The lowest BCUT2D eigenvalue weighted by Crippen LogP contribution is -2.53. The molecule has 0 aliphatic carbocycles. The Labute approximate surface area is 122 Å². The molecule has 1 atom stereocenters. The Morgan fingerprint density at radius 3 is 2.45 bits per heavy atom. The van der Waals surface area contributed by atoms with Crippen LogP contribution in [0.1, 0.15) is 45.1 Å². The predicted octanol–water partition coefficient (Wildman–Crippen LogP) is 2.90. The molecule has 0 saturated carbocycles. The van der Waals surface area contributed by atoms with Crippen LogP contribution in [0.25, 0.3) is 0 Å². The van der Waals surface area contributed by atoms with E-state index < -0.39 is 5.54 Å². The quantitative estimate of drug-likeness (QED) is 0.917. The second kappa shape index (κ2) is 6.40. The van der Waals surface area contributed by atoms with Crippen molar-refractivity contribution in [2.75, 3.05) is 13.1 Å². The van der Waals surface area contributed by atoms with E-state index in [1.54, 1.807) is 0 Å². The van der Waals surface area contributed by atoms with E-state index in [9.17, 15) is 4.79 Å². The Morgan fingerprint density at radius 2 is 1.90 bits per heavy atom. The number of rotatable bonds is 4. The van der Waals surface area contributed by atoms with Crippen LogP contribution in [0.2, 0.25) is 0 Å². The van der Waals surface area contributed by atoms with Crippen molar-refractivity contribution in [3.63, 3.8) is 0 Å². The van der Waals surface area contributed by atoms with Crippen molar-refractivity contribution in [2.24, 2.45) is 11.7 Å². The summed E-state index contributed by atoms with van der Waals surface area (Å²) < 4.78 is 0. The normalized spacial score (nSPS) is 19.6. The minimum absolute atomic E-state index is 0.0543. The lowest BCUT2D eigenvalue weighted by molar-refractivity contribution is -0.138. The van der Waals surface area contributed by atoms with Gasteiger partial charge in [-0.1, -0.05) is 50.1 Å². The molecule has 1 aromatic rings. The summed E-state index contributed by atoms with van der Waals surface area (Å²) in [4.78, 5) is 14.6. The number of amides is 1. The number of hydrogen-bond acceptors (Lipinski definition) is 2. The number of carbonyl (C=O) groups is 1. The summed E-state index contributed by atoms with van der Waals surface area (Å²) in [5, 5.41) is 0. The highest BCUT2D eigenvalue weighted by Gasteiger charge is 2.35. The Bertz CT molecular complexity index is 434. The highest BCUT2D eigenvalue weighted by Crippen LogP contribution is 2.26. The van der Waals surface area contributed by atoms with Gasteiger partial charge >= 0.3 is 0 Å². The van der Waals surface area contributed by atoms with E-state index in [1.165, 1.54) is 12.8 Å². The first-order valence-electron chi connectivity index (χ1n) is 7.69. The molecule has 1 aliphatic rings. The van der Waals surface area contributed by atoms with E-state index in [-0.39, 0.29) is 5.91 Å². The molecule has 1 aromatic carbocycles. The maximum atomic E-state index is 12.7. The van der Waals surface area contributed by atoms with E-state index in [0.29, 0.717) is 0 Å². The van der Waals surface area contributed by atoms with Crippen molar-refractivity contribution in [2.45, 2.75) is 45.1 Å². The molecule has 1 heterocycles. The Hall–Kier alpha value is -1.35. The van der Waals surface area contributed by atoms with Crippen LogP contribution in [0.3, 0.4) is 0 Å². The van der Waals surface area contributed by atoms with E-state index in [0.717, 1.165) is 37.4 Å². The van der Waals surface area contributed by atoms with Crippen LogP contribution in [0, 0.1) is 5.92 Å². The molecule has 1 aliphatic heterocycles. The fourth-order valence-electron chi connectivity index (χ4n) is 3.07. The molecule has 0 radical (unpaired) electrons. The van der Waals surface area contributed by atoms with Crippen molar-refractivity contribution in [3.8, 4) is 0 Å². The first kappa shape index (κ1) is 15.0. The number of hydrogen-bond donors (Lipinski definition) is 1.